The van der Waals surface area contributed by atoms with Crippen molar-refractivity contribution in [3.8, 4) is 27.7 Å². The molecule has 4 aromatic heterocycles. The van der Waals surface area contributed by atoms with Crippen molar-refractivity contribution in [1.29, 1.82) is 0 Å². The number of fused-ring (bicyclic) bond motifs is 1. The van der Waals surface area contributed by atoms with Crippen molar-refractivity contribution in [2.24, 2.45) is 5.92 Å². The van der Waals surface area contributed by atoms with E-state index in [1.807, 2.05) is 12.3 Å². The van der Waals surface area contributed by atoms with Gasteiger partial charge in [0.05, 0.1) is 24.2 Å². The Labute approximate surface area is 215 Å². The number of pyridine rings is 1. The Morgan fingerprint density at radius 3 is 2.75 bits per heavy atom. The minimum absolute atomic E-state index is 0.257. The Balaban J connectivity index is 1.28. The topological polar surface area (TPSA) is 96.3 Å². The third-order valence-electron chi connectivity index (χ3n) is 7.38. The maximum Gasteiger partial charge on any atom is 0.197 e. The SMILES string of the molecule is COc1cc(-c2n[nH]c(-c3nc(C)c(N4CCC(NCC5CC5)CC4)s3)c2C(C)C)cn2ncnc12. The summed E-state index contributed by atoms with van der Waals surface area (Å²) >= 11 is 1.77. The molecule has 0 amide bonds. The zero-order valence-electron chi connectivity index (χ0n) is 21.4. The Morgan fingerprint density at radius 1 is 1.22 bits per heavy atom. The van der Waals surface area contributed by atoms with Crippen LogP contribution in [0.5, 0.6) is 5.75 Å². The lowest BCUT2D eigenvalue weighted by molar-refractivity contribution is 0.409. The highest BCUT2D eigenvalue weighted by Crippen LogP contribution is 2.41. The number of ether oxygens (including phenoxy) is 1. The van der Waals surface area contributed by atoms with Gasteiger partial charge in [-0.05, 0) is 57.1 Å². The third kappa shape index (κ3) is 4.37. The standard InChI is InChI=1S/C26H34N8OS/c1-15(2)21-22(18-11-20(35-4)24-28-14-29-34(24)13-18)31-32-23(21)25-30-16(3)26(36-25)33-9-7-19(8-10-33)27-12-17-5-6-17/h11,13-15,17,19,27H,5-10,12H2,1-4H3,(H,31,32). The normalized spacial score (nSPS) is 17.0. The van der Waals surface area contributed by atoms with Crippen LogP contribution in [0.3, 0.4) is 0 Å². The van der Waals surface area contributed by atoms with E-state index in [0.717, 1.165) is 52.2 Å². The monoisotopic (exact) mass is 506 g/mol. The van der Waals surface area contributed by atoms with Crippen molar-refractivity contribution in [2.45, 2.75) is 58.4 Å². The predicted octanol–water partition coefficient (Wildman–Crippen LogP) is 4.65. The minimum Gasteiger partial charge on any atom is -0.493 e. The quantitative estimate of drug-likeness (QED) is 0.359. The van der Waals surface area contributed by atoms with Crippen molar-refractivity contribution >= 4 is 22.0 Å². The second kappa shape index (κ2) is 9.48. The number of hydrogen-bond donors (Lipinski definition) is 2. The zero-order valence-corrected chi connectivity index (χ0v) is 22.2. The molecule has 0 atom stereocenters. The number of thiazole rings is 1. The van der Waals surface area contributed by atoms with Gasteiger partial charge in [-0.2, -0.15) is 10.2 Å². The highest BCUT2D eigenvalue weighted by Gasteiger charge is 2.28. The summed E-state index contributed by atoms with van der Waals surface area (Å²) in [6, 6.07) is 2.63. The van der Waals surface area contributed by atoms with Gasteiger partial charge in [-0.15, -0.1) is 0 Å². The molecular weight excluding hydrogens is 472 g/mol. The summed E-state index contributed by atoms with van der Waals surface area (Å²) in [6.45, 7) is 9.88. The van der Waals surface area contributed by atoms with Gasteiger partial charge in [-0.25, -0.2) is 14.5 Å². The van der Waals surface area contributed by atoms with Crippen LogP contribution in [-0.4, -0.2) is 62.6 Å². The molecule has 0 unspecified atom stereocenters. The number of aryl methyl sites for hydroxylation is 1. The summed E-state index contributed by atoms with van der Waals surface area (Å²) in [6.07, 6.45) is 8.69. The van der Waals surface area contributed by atoms with Gasteiger partial charge in [0, 0.05) is 36.5 Å². The van der Waals surface area contributed by atoms with Gasteiger partial charge in [0.15, 0.2) is 11.4 Å². The first-order valence-electron chi connectivity index (χ1n) is 12.9. The summed E-state index contributed by atoms with van der Waals surface area (Å²) in [7, 11) is 1.65. The van der Waals surface area contributed by atoms with Gasteiger partial charge in [0.1, 0.15) is 16.3 Å². The van der Waals surface area contributed by atoms with Crippen molar-refractivity contribution < 1.29 is 4.74 Å². The zero-order chi connectivity index (χ0) is 24.8. The van der Waals surface area contributed by atoms with Crippen molar-refractivity contribution in [2.75, 3.05) is 31.6 Å². The minimum atomic E-state index is 0.257. The molecule has 1 aliphatic carbocycles. The number of piperidine rings is 1. The van der Waals surface area contributed by atoms with Crippen LogP contribution in [-0.2, 0) is 0 Å². The number of aromatic amines is 1. The highest BCUT2D eigenvalue weighted by atomic mass is 32.1. The number of anilines is 1. The molecule has 9 nitrogen and oxygen atoms in total. The van der Waals surface area contributed by atoms with Gasteiger partial charge >= 0.3 is 0 Å². The van der Waals surface area contributed by atoms with Crippen LogP contribution in [0.4, 0.5) is 5.00 Å². The number of nitrogens with zero attached hydrogens (tertiary/aromatic N) is 6. The largest absolute Gasteiger partial charge is 0.493 e. The van der Waals surface area contributed by atoms with E-state index >= 15 is 0 Å². The Kier molecular flexibility index (Phi) is 6.17. The Hall–Kier alpha value is -2.98. The van der Waals surface area contributed by atoms with Crippen LogP contribution in [0.25, 0.3) is 27.6 Å². The lowest BCUT2D eigenvalue weighted by Crippen LogP contribution is -2.43. The van der Waals surface area contributed by atoms with Crippen molar-refractivity contribution in [3.63, 3.8) is 0 Å². The van der Waals surface area contributed by atoms with E-state index in [9.17, 15) is 0 Å². The van der Waals surface area contributed by atoms with Crippen LogP contribution >= 0.6 is 11.3 Å². The molecule has 4 aromatic rings. The van der Waals surface area contributed by atoms with Gasteiger partial charge in [0.2, 0.25) is 0 Å². The molecule has 1 saturated heterocycles. The molecule has 0 spiro atoms. The molecule has 1 aliphatic heterocycles. The summed E-state index contributed by atoms with van der Waals surface area (Å²) in [5.74, 6) is 1.86. The van der Waals surface area contributed by atoms with Crippen LogP contribution in [0.15, 0.2) is 18.6 Å². The fourth-order valence-corrected chi connectivity index (χ4v) is 6.33. The van der Waals surface area contributed by atoms with E-state index < -0.39 is 0 Å². The predicted molar refractivity (Wildman–Crippen MR) is 143 cm³/mol. The maximum absolute atomic E-state index is 5.58. The maximum atomic E-state index is 5.58. The smallest absolute Gasteiger partial charge is 0.197 e. The molecule has 2 fully saturated rings. The number of methoxy groups -OCH3 is 1. The number of rotatable bonds is 8. The summed E-state index contributed by atoms with van der Waals surface area (Å²) < 4.78 is 7.32. The molecule has 0 aromatic carbocycles. The average Bonchev–Trinajstić information content (AvgIpc) is 3.25. The van der Waals surface area contributed by atoms with Gasteiger partial charge in [0.25, 0.3) is 0 Å². The lowest BCUT2D eigenvalue weighted by Gasteiger charge is -2.33. The van der Waals surface area contributed by atoms with Crippen LogP contribution in [0.2, 0.25) is 0 Å². The van der Waals surface area contributed by atoms with E-state index in [2.05, 4.69) is 46.2 Å². The summed E-state index contributed by atoms with van der Waals surface area (Å²) in [4.78, 5) is 11.8. The number of hydrogen-bond acceptors (Lipinski definition) is 8. The summed E-state index contributed by atoms with van der Waals surface area (Å²) in [5.41, 5.74) is 5.77. The second-order valence-electron chi connectivity index (χ2n) is 10.4. The molecule has 0 radical (unpaired) electrons. The van der Waals surface area contributed by atoms with Crippen LogP contribution in [0.1, 0.15) is 56.7 Å². The second-order valence-corrected chi connectivity index (χ2v) is 11.3. The molecule has 2 N–H and O–H groups in total. The molecule has 6 rings (SSSR count). The molecule has 5 heterocycles. The first-order chi connectivity index (χ1) is 17.5. The van der Waals surface area contributed by atoms with Crippen LogP contribution < -0.4 is 15.0 Å². The molecule has 10 heteroatoms. The number of H-pyrrole nitrogens is 1. The molecule has 2 aliphatic rings. The van der Waals surface area contributed by atoms with E-state index in [4.69, 9.17) is 14.8 Å². The Morgan fingerprint density at radius 2 is 2.03 bits per heavy atom. The van der Waals surface area contributed by atoms with Gasteiger partial charge < -0.3 is 15.0 Å². The van der Waals surface area contributed by atoms with E-state index in [0.29, 0.717) is 17.4 Å². The van der Waals surface area contributed by atoms with E-state index in [1.165, 1.54) is 43.6 Å². The van der Waals surface area contributed by atoms with Gasteiger partial charge in [-0.3, -0.25) is 5.10 Å². The lowest BCUT2D eigenvalue weighted by atomic mass is 9.97. The molecule has 1 saturated carbocycles. The number of nitrogens with one attached hydrogen (secondary N) is 2. The first kappa shape index (κ1) is 23.4. The van der Waals surface area contributed by atoms with E-state index in [1.54, 1.807) is 23.0 Å². The molecule has 0 bridgehead atoms. The van der Waals surface area contributed by atoms with Gasteiger partial charge in [-0.1, -0.05) is 25.2 Å². The summed E-state index contributed by atoms with van der Waals surface area (Å²) in [5, 5.41) is 18.4. The van der Waals surface area contributed by atoms with Crippen LogP contribution in [0, 0.1) is 12.8 Å². The first-order valence-corrected chi connectivity index (χ1v) is 13.8. The fourth-order valence-electron chi connectivity index (χ4n) is 5.20. The van der Waals surface area contributed by atoms with E-state index in [-0.39, 0.29) is 5.92 Å². The average molecular weight is 507 g/mol. The highest BCUT2D eigenvalue weighted by molar-refractivity contribution is 7.19. The molecule has 190 valence electrons. The fraction of sp³-hybridized carbons (Fsp3) is 0.538. The van der Waals surface area contributed by atoms with Crippen molar-refractivity contribution in [3.05, 3.63) is 29.8 Å². The molecular formula is C26H34N8OS. The third-order valence-corrected chi connectivity index (χ3v) is 8.61. The van der Waals surface area contributed by atoms with Crippen molar-refractivity contribution in [1.82, 2.24) is 35.1 Å². The Bertz CT molecular complexity index is 1360. The number of aromatic nitrogens is 6. The molecule has 36 heavy (non-hydrogen) atoms.